The molecule has 1 aromatic heterocycles. The lowest BCUT2D eigenvalue weighted by Crippen LogP contribution is -2.15. The number of benzene rings is 1. The zero-order valence-electron chi connectivity index (χ0n) is 9.74. The van der Waals surface area contributed by atoms with Gasteiger partial charge in [0.05, 0.1) is 12.2 Å². The van der Waals surface area contributed by atoms with Gasteiger partial charge in [0.2, 0.25) is 0 Å². The van der Waals surface area contributed by atoms with Gasteiger partial charge in [0.15, 0.2) is 0 Å². The molecule has 0 amide bonds. The molecule has 1 aromatic carbocycles. The second kappa shape index (κ2) is 4.41. The SMILES string of the molecule is CCOC(=O)c1c(C)[nH]c(=O)c2ccccc12. The van der Waals surface area contributed by atoms with Crippen molar-refractivity contribution in [2.24, 2.45) is 0 Å². The van der Waals surface area contributed by atoms with E-state index in [2.05, 4.69) is 4.98 Å². The van der Waals surface area contributed by atoms with Crippen molar-refractivity contribution in [2.75, 3.05) is 6.61 Å². The third-order valence-corrected chi connectivity index (χ3v) is 2.60. The quantitative estimate of drug-likeness (QED) is 0.804. The second-order valence-corrected chi connectivity index (χ2v) is 3.72. The highest BCUT2D eigenvalue weighted by Crippen LogP contribution is 2.18. The summed E-state index contributed by atoms with van der Waals surface area (Å²) in [6.07, 6.45) is 0. The Morgan fingerprint density at radius 2 is 1.94 bits per heavy atom. The standard InChI is InChI=1S/C13H13NO3/c1-3-17-13(16)11-8(2)14-12(15)10-7-5-4-6-9(10)11/h4-7H,3H2,1-2H3,(H,14,15). The van der Waals surface area contributed by atoms with Gasteiger partial charge in [0.1, 0.15) is 0 Å². The van der Waals surface area contributed by atoms with Crippen LogP contribution >= 0.6 is 0 Å². The first-order chi connectivity index (χ1) is 8.15. The van der Waals surface area contributed by atoms with Crippen molar-refractivity contribution >= 4 is 16.7 Å². The maximum Gasteiger partial charge on any atom is 0.340 e. The van der Waals surface area contributed by atoms with Gasteiger partial charge < -0.3 is 9.72 Å². The summed E-state index contributed by atoms with van der Waals surface area (Å²) in [5.74, 6) is -0.405. The van der Waals surface area contributed by atoms with Crippen molar-refractivity contribution in [3.05, 3.63) is 45.9 Å². The van der Waals surface area contributed by atoms with Crippen LogP contribution < -0.4 is 5.56 Å². The van der Waals surface area contributed by atoms with Gasteiger partial charge in [-0.2, -0.15) is 0 Å². The molecule has 0 saturated carbocycles. The predicted octanol–water partition coefficient (Wildman–Crippen LogP) is 2.01. The van der Waals surface area contributed by atoms with Crippen LogP contribution in [0.15, 0.2) is 29.1 Å². The average molecular weight is 231 g/mol. The Hall–Kier alpha value is -2.10. The highest BCUT2D eigenvalue weighted by Gasteiger charge is 2.16. The van der Waals surface area contributed by atoms with Crippen molar-refractivity contribution in [2.45, 2.75) is 13.8 Å². The van der Waals surface area contributed by atoms with E-state index in [1.54, 1.807) is 38.1 Å². The fourth-order valence-corrected chi connectivity index (χ4v) is 1.87. The largest absolute Gasteiger partial charge is 0.462 e. The van der Waals surface area contributed by atoms with Gasteiger partial charge in [-0.3, -0.25) is 4.79 Å². The monoisotopic (exact) mass is 231 g/mol. The zero-order chi connectivity index (χ0) is 12.4. The molecule has 0 aliphatic carbocycles. The number of hydrogen-bond donors (Lipinski definition) is 1. The molecule has 0 aliphatic heterocycles. The van der Waals surface area contributed by atoms with E-state index in [-0.39, 0.29) is 5.56 Å². The fourth-order valence-electron chi connectivity index (χ4n) is 1.87. The van der Waals surface area contributed by atoms with E-state index in [9.17, 15) is 9.59 Å². The lowest BCUT2D eigenvalue weighted by atomic mass is 10.0. The summed E-state index contributed by atoms with van der Waals surface area (Å²) in [5.41, 5.74) is 0.778. The smallest absolute Gasteiger partial charge is 0.340 e. The molecular weight excluding hydrogens is 218 g/mol. The lowest BCUT2D eigenvalue weighted by Gasteiger charge is -2.08. The Morgan fingerprint density at radius 1 is 1.29 bits per heavy atom. The minimum atomic E-state index is -0.405. The normalized spacial score (nSPS) is 10.5. The van der Waals surface area contributed by atoms with Gasteiger partial charge in [0, 0.05) is 16.5 Å². The molecule has 0 fully saturated rings. The van der Waals surface area contributed by atoms with E-state index >= 15 is 0 Å². The minimum Gasteiger partial charge on any atom is -0.462 e. The van der Waals surface area contributed by atoms with Crippen LogP contribution in [0.3, 0.4) is 0 Å². The molecule has 0 saturated heterocycles. The zero-order valence-corrected chi connectivity index (χ0v) is 9.74. The molecular formula is C13H13NO3. The van der Waals surface area contributed by atoms with Crippen LogP contribution in [0.1, 0.15) is 23.0 Å². The molecule has 0 atom stereocenters. The summed E-state index contributed by atoms with van der Waals surface area (Å²) in [7, 11) is 0. The highest BCUT2D eigenvalue weighted by atomic mass is 16.5. The van der Waals surface area contributed by atoms with Gasteiger partial charge in [-0.1, -0.05) is 18.2 Å². The van der Waals surface area contributed by atoms with Crippen LogP contribution in [0.5, 0.6) is 0 Å². The van der Waals surface area contributed by atoms with Gasteiger partial charge in [-0.25, -0.2) is 4.79 Å². The molecule has 0 spiro atoms. The van der Waals surface area contributed by atoms with Gasteiger partial charge in [0.25, 0.3) is 5.56 Å². The molecule has 0 bridgehead atoms. The van der Waals surface area contributed by atoms with Crippen molar-refractivity contribution in [3.8, 4) is 0 Å². The molecule has 4 heteroatoms. The van der Waals surface area contributed by atoms with Crippen LogP contribution in [0.25, 0.3) is 10.8 Å². The molecule has 0 aliphatic rings. The number of aryl methyl sites for hydroxylation is 1. The molecule has 1 N–H and O–H groups in total. The number of H-pyrrole nitrogens is 1. The number of pyridine rings is 1. The molecule has 0 radical (unpaired) electrons. The van der Waals surface area contributed by atoms with E-state index in [0.29, 0.717) is 28.6 Å². The van der Waals surface area contributed by atoms with Crippen molar-refractivity contribution in [1.82, 2.24) is 4.98 Å². The summed E-state index contributed by atoms with van der Waals surface area (Å²) in [6, 6.07) is 7.01. The van der Waals surface area contributed by atoms with E-state index in [0.717, 1.165) is 0 Å². The molecule has 17 heavy (non-hydrogen) atoms. The number of carbonyl (C=O) groups excluding carboxylic acids is 1. The Bertz CT molecular complexity index is 628. The first-order valence-corrected chi connectivity index (χ1v) is 5.44. The first-order valence-electron chi connectivity index (χ1n) is 5.44. The molecule has 2 rings (SSSR count). The highest BCUT2D eigenvalue weighted by molar-refractivity contribution is 6.05. The van der Waals surface area contributed by atoms with Crippen LogP contribution in [-0.4, -0.2) is 17.6 Å². The van der Waals surface area contributed by atoms with Crippen molar-refractivity contribution in [1.29, 1.82) is 0 Å². The van der Waals surface area contributed by atoms with Crippen LogP contribution in [0.4, 0.5) is 0 Å². The van der Waals surface area contributed by atoms with E-state index in [1.807, 2.05) is 0 Å². The molecule has 0 unspecified atom stereocenters. The number of rotatable bonds is 2. The number of esters is 1. The summed E-state index contributed by atoms with van der Waals surface area (Å²) in [4.78, 5) is 26.2. The second-order valence-electron chi connectivity index (χ2n) is 3.72. The number of carbonyl (C=O) groups is 1. The van der Waals surface area contributed by atoms with Gasteiger partial charge in [-0.15, -0.1) is 0 Å². The summed E-state index contributed by atoms with van der Waals surface area (Å²) < 4.78 is 5.00. The lowest BCUT2D eigenvalue weighted by molar-refractivity contribution is 0.0527. The molecule has 2 aromatic rings. The summed E-state index contributed by atoms with van der Waals surface area (Å²) in [6.45, 7) is 3.76. The fraction of sp³-hybridized carbons (Fsp3) is 0.231. The molecule has 4 nitrogen and oxygen atoms in total. The molecule has 1 heterocycles. The maximum atomic E-state index is 11.8. The van der Waals surface area contributed by atoms with Crippen LogP contribution in [0.2, 0.25) is 0 Å². The Balaban J connectivity index is 2.78. The number of hydrogen-bond acceptors (Lipinski definition) is 3. The number of nitrogens with one attached hydrogen (secondary N) is 1. The number of fused-ring (bicyclic) bond motifs is 1. The maximum absolute atomic E-state index is 11.8. The Kier molecular flexibility index (Phi) is 2.95. The third-order valence-electron chi connectivity index (χ3n) is 2.60. The average Bonchev–Trinajstić information content (AvgIpc) is 2.29. The molecule has 88 valence electrons. The van der Waals surface area contributed by atoms with Crippen molar-refractivity contribution < 1.29 is 9.53 Å². The topological polar surface area (TPSA) is 59.2 Å². The van der Waals surface area contributed by atoms with Crippen LogP contribution in [-0.2, 0) is 4.74 Å². The summed E-state index contributed by atoms with van der Waals surface area (Å²) >= 11 is 0. The predicted molar refractivity (Wildman–Crippen MR) is 65.3 cm³/mol. The van der Waals surface area contributed by atoms with Crippen LogP contribution in [0, 0.1) is 6.92 Å². The number of aromatic nitrogens is 1. The van der Waals surface area contributed by atoms with Gasteiger partial charge >= 0.3 is 5.97 Å². The third kappa shape index (κ3) is 1.93. The number of ether oxygens (including phenoxy) is 1. The number of aromatic amines is 1. The minimum absolute atomic E-state index is 0.189. The van der Waals surface area contributed by atoms with Gasteiger partial charge in [-0.05, 0) is 19.9 Å². The summed E-state index contributed by atoms with van der Waals surface area (Å²) in [5, 5.41) is 1.13. The van der Waals surface area contributed by atoms with Crippen molar-refractivity contribution in [3.63, 3.8) is 0 Å². The first kappa shape index (κ1) is 11.4. The Labute approximate surface area is 98.2 Å². The Morgan fingerprint density at radius 3 is 2.59 bits per heavy atom. The van der Waals surface area contributed by atoms with E-state index in [1.165, 1.54) is 0 Å². The van der Waals surface area contributed by atoms with E-state index < -0.39 is 5.97 Å². The van der Waals surface area contributed by atoms with E-state index in [4.69, 9.17) is 4.74 Å².